The molecule has 2 aliphatic carbocycles. The molecule has 5 heterocycles. The van der Waals surface area contributed by atoms with E-state index in [-0.39, 0.29) is 53.7 Å². The molecule has 68 heavy (non-hydrogen) atoms. The van der Waals surface area contributed by atoms with E-state index in [1.165, 1.54) is 49.4 Å². The van der Waals surface area contributed by atoms with Gasteiger partial charge >= 0.3 is 12.2 Å². The van der Waals surface area contributed by atoms with Crippen molar-refractivity contribution >= 4 is 29.7 Å². The van der Waals surface area contributed by atoms with Gasteiger partial charge in [0.05, 0.1) is 49.8 Å². The number of allylic oxidation sites excluding steroid dienone is 2. The predicted octanol–water partition coefficient (Wildman–Crippen LogP) is 9.15. The minimum absolute atomic E-state index is 0.0985. The zero-order chi connectivity index (χ0) is 47.6. The molecule has 15 nitrogen and oxygen atoms in total. The topological polar surface area (TPSA) is 178 Å². The first kappa shape index (κ1) is 46.7. The lowest BCUT2D eigenvalue weighted by Gasteiger charge is -2.35. The lowest BCUT2D eigenvalue weighted by Crippen LogP contribution is -2.51. The maximum atomic E-state index is 13.8. The number of likely N-dealkylation sites (tertiary alicyclic amines) is 2. The Morgan fingerprint density at radius 3 is 1.76 bits per heavy atom. The number of rotatable bonds is 14. The van der Waals surface area contributed by atoms with Crippen molar-refractivity contribution in [2.75, 3.05) is 32.2 Å². The summed E-state index contributed by atoms with van der Waals surface area (Å²) in [6, 6.07) is 16.7. The van der Waals surface area contributed by atoms with E-state index < -0.39 is 24.3 Å². The molecule has 3 saturated heterocycles. The van der Waals surface area contributed by atoms with Crippen LogP contribution in [0, 0.1) is 11.8 Å². The van der Waals surface area contributed by atoms with Gasteiger partial charge in [-0.25, -0.2) is 19.6 Å². The number of carbonyl (C=O) groups is 4. The van der Waals surface area contributed by atoms with E-state index >= 15 is 0 Å². The second kappa shape index (κ2) is 20.1. The number of ether oxygens (including phenoxy) is 2. The molecule has 4 N–H and O–H groups in total. The van der Waals surface area contributed by atoms with Crippen LogP contribution in [0.4, 0.5) is 15.3 Å². The molecule has 7 atom stereocenters. The third-order valence-electron chi connectivity index (χ3n) is 14.8. The van der Waals surface area contributed by atoms with Crippen LogP contribution in [0.5, 0.6) is 0 Å². The number of imidazole rings is 2. The first-order chi connectivity index (χ1) is 32.9. The maximum absolute atomic E-state index is 13.8. The molecule has 4 fully saturated rings. The Morgan fingerprint density at radius 1 is 0.662 bits per heavy atom. The molecule has 1 unspecified atom stereocenters. The highest BCUT2D eigenvalue weighted by Gasteiger charge is 2.41. The number of alkyl carbamates (subject to hydrolysis) is 2. The number of aromatic nitrogens is 4. The van der Waals surface area contributed by atoms with Crippen molar-refractivity contribution in [2.45, 2.75) is 134 Å². The molecule has 4 amide bonds. The highest BCUT2D eigenvalue weighted by atomic mass is 16.5. The summed E-state index contributed by atoms with van der Waals surface area (Å²) in [5, 5.41) is 5.47. The second-order valence-corrected chi connectivity index (χ2v) is 19.9. The molecule has 4 aromatic rings. The monoisotopic (exact) mass is 926 g/mol. The van der Waals surface area contributed by atoms with Crippen LogP contribution in [0.1, 0.15) is 144 Å². The van der Waals surface area contributed by atoms with Gasteiger partial charge in [0, 0.05) is 42.7 Å². The van der Waals surface area contributed by atoms with Gasteiger partial charge in [0.1, 0.15) is 23.7 Å². The fourth-order valence-electron chi connectivity index (χ4n) is 10.9. The van der Waals surface area contributed by atoms with Gasteiger partial charge in [0.15, 0.2) is 0 Å². The molecule has 1 saturated carbocycles. The lowest BCUT2D eigenvalue weighted by atomic mass is 9.90. The molecule has 2 aromatic carbocycles. The molecule has 15 heteroatoms. The van der Waals surface area contributed by atoms with Crippen LogP contribution in [-0.4, -0.2) is 99.2 Å². The summed E-state index contributed by atoms with van der Waals surface area (Å²) in [7, 11) is 2.61. The van der Waals surface area contributed by atoms with Crippen LogP contribution in [0.25, 0.3) is 11.3 Å². The molecule has 2 aromatic heterocycles. The van der Waals surface area contributed by atoms with Crippen molar-refractivity contribution in [3.05, 3.63) is 113 Å². The normalized spacial score (nSPS) is 23.5. The van der Waals surface area contributed by atoms with Crippen LogP contribution in [0.3, 0.4) is 0 Å². The predicted molar refractivity (Wildman–Crippen MR) is 260 cm³/mol. The summed E-state index contributed by atoms with van der Waals surface area (Å²) in [6.07, 6.45) is 18.4. The van der Waals surface area contributed by atoms with Crippen molar-refractivity contribution in [3.8, 4) is 11.3 Å². The van der Waals surface area contributed by atoms with Gasteiger partial charge in [-0.2, -0.15) is 0 Å². The van der Waals surface area contributed by atoms with Gasteiger partial charge in [0.2, 0.25) is 11.8 Å². The molecule has 3 aliphatic heterocycles. The number of nitrogens with one attached hydrogen (secondary N) is 4. The number of nitrogens with zero attached hydrogens (tertiary/aromatic N) is 5. The summed E-state index contributed by atoms with van der Waals surface area (Å²) in [5.41, 5.74) is 8.01. The SMILES string of the molecule is COC(=O)N[C@H](C(=O)N1CCC[C@H]1c1nc(-c2ccc([C@@H]3CC[C@H](C4=CCC(c5c[nH]c([C@@H]6CCCN6C(=O)[C@@H](NC(=O)OC)C(C)C)n5)C=C4)N3c3ccc(C4CC4)cc3)cc2)c[nH]1)C(C)C. The van der Waals surface area contributed by atoms with E-state index in [9.17, 15) is 19.2 Å². The van der Waals surface area contributed by atoms with Crippen LogP contribution < -0.4 is 15.5 Å². The highest BCUT2D eigenvalue weighted by molar-refractivity contribution is 5.87. The highest BCUT2D eigenvalue weighted by Crippen LogP contribution is 2.46. The van der Waals surface area contributed by atoms with Crippen LogP contribution in [0.15, 0.2) is 84.7 Å². The molecule has 9 rings (SSSR count). The van der Waals surface area contributed by atoms with Crippen LogP contribution >= 0.6 is 0 Å². The van der Waals surface area contributed by atoms with Gasteiger partial charge in [-0.05, 0) is 104 Å². The first-order valence-electron chi connectivity index (χ1n) is 24.7. The van der Waals surface area contributed by atoms with E-state index in [1.54, 1.807) is 0 Å². The van der Waals surface area contributed by atoms with E-state index in [2.05, 4.69) is 92.3 Å². The van der Waals surface area contributed by atoms with Gasteiger partial charge in [-0.3, -0.25) is 9.59 Å². The Labute approximate surface area is 399 Å². The van der Waals surface area contributed by atoms with Crippen molar-refractivity contribution in [1.29, 1.82) is 0 Å². The number of hydrogen-bond donors (Lipinski definition) is 4. The van der Waals surface area contributed by atoms with Gasteiger partial charge < -0.3 is 44.8 Å². The summed E-state index contributed by atoms with van der Waals surface area (Å²) in [6.45, 7) is 8.90. The summed E-state index contributed by atoms with van der Waals surface area (Å²) < 4.78 is 9.63. The number of methoxy groups -OCH3 is 2. The van der Waals surface area contributed by atoms with Crippen molar-refractivity contribution < 1.29 is 28.7 Å². The first-order valence-corrected chi connectivity index (χ1v) is 24.7. The van der Waals surface area contributed by atoms with Gasteiger partial charge in [-0.1, -0.05) is 82.3 Å². The minimum Gasteiger partial charge on any atom is -0.453 e. The number of benzene rings is 2. The number of aromatic amines is 2. The van der Waals surface area contributed by atoms with E-state index in [0.717, 1.165) is 73.5 Å². The number of hydrogen-bond acceptors (Lipinski definition) is 9. The van der Waals surface area contributed by atoms with E-state index in [1.807, 2.05) is 49.9 Å². The van der Waals surface area contributed by atoms with E-state index in [4.69, 9.17) is 19.4 Å². The number of carbonyl (C=O) groups excluding carboxylic acids is 4. The molecule has 5 aliphatic rings. The molecular formula is C53H67N9O6. The average Bonchev–Trinajstić information content (AvgIpc) is 3.97. The Bertz CT molecular complexity index is 2510. The zero-order valence-corrected chi connectivity index (χ0v) is 40.2. The maximum Gasteiger partial charge on any atom is 0.407 e. The fraction of sp³-hybridized carbons (Fsp3) is 0.509. The average molecular weight is 926 g/mol. The number of amides is 4. The Morgan fingerprint density at radius 2 is 1.22 bits per heavy atom. The molecule has 0 bridgehead atoms. The molecule has 0 spiro atoms. The summed E-state index contributed by atoms with van der Waals surface area (Å²) in [5.74, 6) is 1.88. The Balaban J connectivity index is 0.894. The lowest BCUT2D eigenvalue weighted by molar-refractivity contribution is -0.136. The fourth-order valence-corrected chi connectivity index (χ4v) is 10.9. The Hall–Kier alpha value is -6.38. The largest absolute Gasteiger partial charge is 0.453 e. The van der Waals surface area contributed by atoms with Crippen molar-refractivity contribution in [1.82, 2.24) is 40.4 Å². The molecule has 0 radical (unpaired) electrons. The molecule has 360 valence electrons. The Kier molecular flexibility index (Phi) is 13.8. The van der Waals surface area contributed by atoms with Crippen molar-refractivity contribution in [2.24, 2.45) is 11.8 Å². The van der Waals surface area contributed by atoms with Gasteiger partial charge in [-0.15, -0.1) is 0 Å². The quantitative estimate of drug-likeness (QED) is 0.0960. The van der Waals surface area contributed by atoms with Crippen LogP contribution in [0.2, 0.25) is 0 Å². The summed E-state index contributed by atoms with van der Waals surface area (Å²) in [4.78, 5) is 74.9. The smallest absolute Gasteiger partial charge is 0.407 e. The third kappa shape index (κ3) is 9.66. The zero-order valence-electron chi connectivity index (χ0n) is 40.2. The number of H-pyrrole nitrogens is 2. The van der Waals surface area contributed by atoms with Gasteiger partial charge in [0.25, 0.3) is 0 Å². The van der Waals surface area contributed by atoms with E-state index in [0.29, 0.717) is 19.0 Å². The molecular weight excluding hydrogens is 859 g/mol. The summed E-state index contributed by atoms with van der Waals surface area (Å²) >= 11 is 0. The third-order valence-corrected chi connectivity index (χ3v) is 14.8. The second-order valence-electron chi connectivity index (χ2n) is 19.9. The van der Waals surface area contributed by atoms with Crippen molar-refractivity contribution in [3.63, 3.8) is 0 Å². The van der Waals surface area contributed by atoms with Crippen LogP contribution in [-0.2, 0) is 19.1 Å². The minimum atomic E-state index is -0.688. The number of anilines is 1. The standard InChI is InChI=1S/C53H67N9O6/c1-31(2)46(58-52(65)67-5)50(63)60-27-7-9-44(60)48-54-29-40(56-48)35-13-17-37(18-14-35)42-25-26-43(62(42)39-23-21-34(22-24-39)33-11-12-33)38-19-15-36(16-20-38)41-30-55-49(57-41)45-10-8-28-61(45)51(64)47(32(3)4)59-53(66)68-6/h13-15,17-24,29-33,36,42-47H,7-12,16,25-28H2,1-6H3,(H,54,56)(H,55,57)(H,58,65)(H,59,66)/t36?,42-,43+,44-,45-,46-,47-/m0/s1.